The molecule has 1 aliphatic heterocycles. The van der Waals surface area contributed by atoms with Gasteiger partial charge in [0.15, 0.2) is 0 Å². The van der Waals surface area contributed by atoms with E-state index in [0.29, 0.717) is 36.5 Å². The Morgan fingerprint density at radius 3 is 2.74 bits per heavy atom. The van der Waals surface area contributed by atoms with Gasteiger partial charge < -0.3 is 9.64 Å². The van der Waals surface area contributed by atoms with Crippen molar-refractivity contribution in [2.45, 2.75) is 13.8 Å². The molecule has 0 aliphatic carbocycles. The van der Waals surface area contributed by atoms with Crippen LogP contribution in [0.1, 0.15) is 11.5 Å². The number of anilines is 1. The van der Waals surface area contributed by atoms with Gasteiger partial charge in [-0.05, 0) is 19.9 Å². The standard InChI is InChI=1S/C14H16N8O/c1-9-12(18-19-14-16-10(2)20-22(9)14)11-3-4-15-13(17-11)21-5-7-23-8-6-21/h3-4H,5-8H2,1-2H3. The molecule has 0 atom stereocenters. The first kappa shape index (κ1) is 13.9. The molecule has 0 amide bonds. The van der Waals surface area contributed by atoms with Crippen molar-refractivity contribution in [3.05, 3.63) is 23.8 Å². The van der Waals surface area contributed by atoms with E-state index in [1.165, 1.54) is 0 Å². The molecule has 1 saturated heterocycles. The first-order valence-corrected chi connectivity index (χ1v) is 7.45. The number of hydrogen-bond acceptors (Lipinski definition) is 8. The first-order chi connectivity index (χ1) is 11.2. The smallest absolute Gasteiger partial charge is 0.272 e. The first-order valence-electron chi connectivity index (χ1n) is 7.45. The van der Waals surface area contributed by atoms with Gasteiger partial charge in [-0.15, -0.1) is 15.3 Å². The van der Waals surface area contributed by atoms with Gasteiger partial charge in [-0.2, -0.15) is 9.50 Å². The Bertz CT molecular complexity index is 855. The quantitative estimate of drug-likeness (QED) is 0.672. The van der Waals surface area contributed by atoms with E-state index in [1.54, 1.807) is 10.7 Å². The predicted octanol–water partition coefficient (Wildman–Crippen LogP) is 0.430. The van der Waals surface area contributed by atoms with Gasteiger partial charge in [0, 0.05) is 19.3 Å². The molecule has 1 aliphatic rings. The highest BCUT2D eigenvalue weighted by Crippen LogP contribution is 2.20. The van der Waals surface area contributed by atoms with Gasteiger partial charge in [0.2, 0.25) is 5.95 Å². The highest BCUT2D eigenvalue weighted by atomic mass is 16.5. The van der Waals surface area contributed by atoms with Crippen LogP contribution >= 0.6 is 0 Å². The molecule has 0 bridgehead atoms. The largest absolute Gasteiger partial charge is 0.378 e. The van der Waals surface area contributed by atoms with Crippen LogP contribution in [0.4, 0.5) is 5.95 Å². The van der Waals surface area contributed by atoms with Crippen LogP contribution in [0.5, 0.6) is 0 Å². The highest BCUT2D eigenvalue weighted by molar-refractivity contribution is 5.58. The summed E-state index contributed by atoms with van der Waals surface area (Å²) >= 11 is 0. The molecule has 23 heavy (non-hydrogen) atoms. The summed E-state index contributed by atoms with van der Waals surface area (Å²) < 4.78 is 7.06. The molecule has 1 fully saturated rings. The summed E-state index contributed by atoms with van der Waals surface area (Å²) in [5, 5.41) is 12.7. The molecule has 0 spiro atoms. The van der Waals surface area contributed by atoms with Gasteiger partial charge in [0.05, 0.1) is 24.6 Å². The molecule has 9 heteroatoms. The second-order valence-corrected chi connectivity index (χ2v) is 5.35. The number of hydrogen-bond donors (Lipinski definition) is 0. The summed E-state index contributed by atoms with van der Waals surface area (Å²) in [4.78, 5) is 15.3. The molecule has 0 unspecified atom stereocenters. The maximum absolute atomic E-state index is 5.37. The third-order valence-electron chi connectivity index (χ3n) is 3.78. The van der Waals surface area contributed by atoms with Crippen molar-refractivity contribution in [3.8, 4) is 11.4 Å². The lowest BCUT2D eigenvalue weighted by atomic mass is 10.2. The highest BCUT2D eigenvalue weighted by Gasteiger charge is 2.17. The fourth-order valence-corrected chi connectivity index (χ4v) is 2.59. The number of morpholine rings is 1. The van der Waals surface area contributed by atoms with Gasteiger partial charge in [0.25, 0.3) is 5.78 Å². The van der Waals surface area contributed by atoms with Crippen LogP contribution < -0.4 is 4.90 Å². The summed E-state index contributed by atoms with van der Waals surface area (Å²) in [5.41, 5.74) is 2.25. The SMILES string of the molecule is Cc1nc2nnc(-c3ccnc(N4CCOCC4)n3)c(C)n2n1. The number of fused-ring (bicyclic) bond motifs is 1. The Morgan fingerprint density at radius 1 is 1.09 bits per heavy atom. The summed E-state index contributed by atoms with van der Waals surface area (Å²) in [6.45, 7) is 6.72. The lowest BCUT2D eigenvalue weighted by Gasteiger charge is -2.26. The third kappa shape index (κ3) is 2.48. The summed E-state index contributed by atoms with van der Waals surface area (Å²) in [5.74, 6) is 1.84. The van der Waals surface area contributed by atoms with Crippen molar-refractivity contribution in [2.24, 2.45) is 0 Å². The van der Waals surface area contributed by atoms with Crippen LogP contribution in [0.15, 0.2) is 12.3 Å². The van der Waals surface area contributed by atoms with Gasteiger partial charge in [-0.1, -0.05) is 0 Å². The second-order valence-electron chi connectivity index (χ2n) is 5.35. The van der Waals surface area contributed by atoms with Gasteiger partial charge in [-0.3, -0.25) is 0 Å². The van der Waals surface area contributed by atoms with E-state index in [2.05, 4.69) is 35.1 Å². The van der Waals surface area contributed by atoms with Crippen molar-refractivity contribution < 1.29 is 4.74 Å². The van der Waals surface area contributed by atoms with E-state index in [-0.39, 0.29) is 0 Å². The van der Waals surface area contributed by atoms with Crippen molar-refractivity contribution >= 4 is 11.7 Å². The maximum atomic E-state index is 5.37. The molecule has 0 N–H and O–H groups in total. The number of nitrogens with zero attached hydrogens (tertiary/aromatic N) is 8. The van der Waals surface area contributed by atoms with Gasteiger partial charge in [0.1, 0.15) is 11.5 Å². The van der Waals surface area contributed by atoms with E-state index >= 15 is 0 Å². The van der Waals surface area contributed by atoms with Gasteiger partial charge >= 0.3 is 0 Å². The summed E-state index contributed by atoms with van der Waals surface area (Å²) in [6.07, 6.45) is 1.74. The molecular weight excluding hydrogens is 296 g/mol. The van der Waals surface area contributed by atoms with Crippen molar-refractivity contribution in [1.29, 1.82) is 0 Å². The molecule has 0 radical (unpaired) electrons. The minimum Gasteiger partial charge on any atom is -0.378 e. The van der Waals surface area contributed by atoms with Crippen LogP contribution in [-0.4, -0.2) is 61.1 Å². The normalized spacial score (nSPS) is 15.3. The van der Waals surface area contributed by atoms with E-state index in [0.717, 1.165) is 24.5 Å². The average Bonchev–Trinajstić information content (AvgIpc) is 2.98. The van der Waals surface area contributed by atoms with Crippen LogP contribution in [0, 0.1) is 13.8 Å². The number of rotatable bonds is 2. The topological polar surface area (TPSA) is 94.2 Å². The predicted molar refractivity (Wildman–Crippen MR) is 82.1 cm³/mol. The Labute approximate surface area is 132 Å². The van der Waals surface area contributed by atoms with E-state index in [4.69, 9.17) is 4.74 Å². The minimum atomic E-state index is 0.492. The molecule has 4 heterocycles. The minimum absolute atomic E-state index is 0.492. The van der Waals surface area contributed by atoms with Crippen molar-refractivity contribution in [2.75, 3.05) is 31.2 Å². The van der Waals surface area contributed by atoms with Crippen LogP contribution in [0.3, 0.4) is 0 Å². The van der Waals surface area contributed by atoms with E-state index < -0.39 is 0 Å². The number of aryl methyl sites for hydroxylation is 2. The molecule has 9 nitrogen and oxygen atoms in total. The molecular formula is C14H16N8O. The maximum Gasteiger partial charge on any atom is 0.272 e. The average molecular weight is 312 g/mol. The molecule has 0 aromatic carbocycles. The summed E-state index contributed by atoms with van der Waals surface area (Å²) in [7, 11) is 0. The molecule has 118 valence electrons. The fraction of sp³-hybridized carbons (Fsp3) is 0.429. The zero-order chi connectivity index (χ0) is 15.8. The molecule has 3 aromatic rings. The zero-order valence-electron chi connectivity index (χ0n) is 13.0. The summed E-state index contributed by atoms with van der Waals surface area (Å²) in [6, 6.07) is 1.83. The zero-order valence-corrected chi connectivity index (χ0v) is 13.0. The molecule has 3 aromatic heterocycles. The Hall–Kier alpha value is -2.68. The lowest BCUT2D eigenvalue weighted by molar-refractivity contribution is 0.122. The fourth-order valence-electron chi connectivity index (χ4n) is 2.59. The van der Waals surface area contributed by atoms with Crippen LogP contribution in [0.25, 0.3) is 17.2 Å². The third-order valence-corrected chi connectivity index (χ3v) is 3.78. The van der Waals surface area contributed by atoms with Crippen molar-refractivity contribution in [3.63, 3.8) is 0 Å². The lowest BCUT2D eigenvalue weighted by Crippen LogP contribution is -2.37. The molecule has 0 saturated carbocycles. The Balaban J connectivity index is 1.76. The van der Waals surface area contributed by atoms with E-state index in [9.17, 15) is 0 Å². The monoisotopic (exact) mass is 312 g/mol. The number of ether oxygens (including phenoxy) is 1. The van der Waals surface area contributed by atoms with Crippen molar-refractivity contribution in [1.82, 2.24) is 34.8 Å². The van der Waals surface area contributed by atoms with E-state index in [1.807, 2.05) is 19.9 Å². The molecule has 4 rings (SSSR count). The number of aromatic nitrogens is 7. The van der Waals surface area contributed by atoms with Gasteiger partial charge in [-0.25, -0.2) is 9.97 Å². The van der Waals surface area contributed by atoms with Crippen LogP contribution in [0.2, 0.25) is 0 Å². The Kier molecular flexibility index (Phi) is 3.34. The Morgan fingerprint density at radius 2 is 1.91 bits per heavy atom. The second kappa shape index (κ2) is 5.51. The van der Waals surface area contributed by atoms with Crippen LogP contribution in [-0.2, 0) is 4.74 Å².